The quantitative estimate of drug-likeness (QED) is 0.842. The van der Waals surface area contributed by atoms with Gasteiger partial charge in [-0.05, 0) is 20.8 Å². The summed E-state index contributed by atoms with van der Waals surface area (Å²) in [5.41, 5.74) is 1.23. The van der Waals surface area contributed by atoms with E-state index in [0.29, 0.717) is 12.3 Å². The molecule has 0 aliphatic rings. The van der Waals surface area contributed by atoms with Gasteiger partial charge in [-0.3, -0.25) is 4.68 Å². The lowest BCUT2D eigenvalue weighted by atomic mass is 10.2. The minimum absolute atomic E-state index is 0.0674. The minimum Gasteiger partial charge on any atom is -0.383 e. The van der Waals surface area contributed by atoms with Crippen molar-refractivity contribution in [3.05, 3.63) is 36.5 Å². The molecule has 1 heterocycles. The molecule has 0 aliphatic heterocycles. The number of aromatic nitrogens is 2. The third-order valence-corrected chi connectivity index (χ3v) is 4.93. The average Bonchev–Trinajstić information content (AvgIpc) is 2.94. The van der Waals surface area contributed by atoms with E-state index in [1.807, 2.05) is 44.2 Å². The van der Waals surface area contributed by atoms with Crippen LogP contribution in [-0.4, -0.2) is 38.0 Å². The van der Waals surface area contributed by atoms with Gasteiger partial charge < -0.3 is 4.74 Å². The van der Waals surface area contributed by atoms with Crippen LogP contribution in [0.3, 0.4) is 0 Å². The molecule has 0 amide bonds. The van der Waals surface area contributed by atoms with Crippen LogP contribution in [0.25, 0.3) is 11.3 Å². The van der Waals surface area contributed by atoms with Gasteiger partial charge >= 0.3 is 0 Å². The molecule has 0 saturated carbocycles. The van der Waals surface area contributed by atoms with Crippen LogP contribution in [0, 0.1) is 0 Å². The molecule has 0 radical (unpaired) electrons. The van der Waals surface area contributed by atoms with Gasteiger partial charge in [-0.25, -0.2) is 13.1 Å². The molecule has 1 aromatic heterocycles. The number of nitrogens with one attached hydrogen (secondary N) is 1. The molecule has 0 bridgehead atoms. The zero-order valence-electron chi connectivity index (χ0n) is 13.9. The molecule has 23 heavy (non-hydrogen) atoms. The molecule has 6 nitrogen and oxygen atoms in total. The lowest BCUT2D eigenvalue weighted by Crippen LogP contribution is -2.35. The van der Waals surface area contributed by atoms with Crippen LogP contribution in [0.1, 0.15) is 26.8 Å². The normalized spacial score (nSPS) is 13.4. The summed E-state index contributed by atoms with van der Waals surface area (Å²) in [5, 5.41) is 4.47. The Morgan fingerprint density at radius 2 is 1.87 bits per heavy atom. The number of hydrogen-bond acceptors (Lipinski definition) is 4. The van der Waals surface area contributed by atoms with Crippen molar-refractivity contribution in [3.63, 3.8) is 0 Å². The van der Waals surface area contributed by atoms with Gasteiger partial charge in [0.25, 0.3) is 0 Å². The minimum atomic E-state index is -3.69. The summed E-state index contributed by atoms with van der Waals surface area (Å²) < 4.78 is 34.7. The van der Waals surface area contributed by atoms with E-state index >= 15 is 0 Å². The summed E-state index contributed by atoms with van der Waals surface area (Å²) in [6, 6.07) is 9.06. The Morgan fingerprint density at radius 3 is 2.43 bits per heavy atom. The molecule has 0 saturated heterocycles. The standard InChI is InChI=1S/C16H23N3O3S/c1-12(2)19-10-15(23(20,21)18-13(3)11-22-4)16(17-19)14-8-6-5-7-9-14/h5-10,12-13,18H,11H2,1-4H3. The molecular formula is C16H23N3O3S. The largest absolute Gasteiger partial charge is 0.383 e. The first-order valence-electron chi connectivity index (χ1n) is 7.51. The predicted octanol–water partition coefficient (Wildman–Crippen LogP) is 2.44. The first-order chi connectivity index (χ1) is 10.8. The summed E-state index contributed by atoms with van der Waals surface area (Å²) in [5.74, 6) is 0. The molecule has 1 N–H and O–H groups in total. The maximum Gasteiger partial charge on any atom is 0.244 e. The summed E-state index contributed by atoms with van der Waals surface area (Å²) in [6.45, 7) is 5.98. The Morgan fingerprint density at radius 1 is 1.22 bits per heavy atom. The van der Waals surface area contributed by atoms with E-state index in [1.54, 1.807) is 17.8 Å². The number of sulfonamides is 1. The van der Waals surface area contributed by atoms with Crippen LogP contribution in [-0.2, 0) is 14.8 Å². The zero-order valence-corrected chi connectivity index (χ0v) is 14.7. The highest BCUT2D eigenvalue weighted by atomic mass is 32.2. The molecule has 1 atom stereocenters. The van der Waals surface area contributed by atoms with Gasteiger partial charge in [-0.2, -0.15) is 5.10 Å². The number of hydrogen-bond donors (Lipinski definition) is 1. The number of nitrogens with zero attached hydrogens (tertiary/aromatic N) is 2. The van der Waals surface area contributed by atoms with Crippen LogP contribution in [0.15, 0.2) is 41.4 Å². The fourth-order valence-electron chi connectivity index (χ4n) is 2.24. The highest BCUT2D eigenvalue weighted by molar-refractivity contribution is 7.89. The highest BCUT2D eigenvalue weighted by Gasteiger charge is 2.25. The van der Waals surface area contributed by atoms with Crippen molar-refractivity contribution in [1.29, 1.82) is 0 Å². The van der Waals surface area contributed by atoms with Gasteiger partial charge in [0, 0.05) is 31.0 Å². The average molecular weight is 337 g/mol. The van der Waals surface area contributed by atoms with Crippen LogP contribution in [0.2, 0.25) is 0 Å². The van der Waals surface area contributed by atoms with Crippen LogP contribution < -0.4 is 4.72 Å². The number of ether oxygens (including phenoxy) is 1. The van der Waals surface area contributed by atoms with Gasteiger partial charge in [-0.1, -0.05) is 30.3 Å². The second-order valence-corrected chi connectivity index (χ2v) is 7.44. The smallest absolute Gasteiger partial charge is 0.244 e. The topological polar surface area (TPSA) is 73.2 Å². The zero-order chi connectivity index (χ0) is 17.0. The second-order valence-electron chi connectivity index (χ2n) is 5.76. The van der Waals surface area contributed by atoms with Crippen molar-refractivity contribution in [2.24, 2.45) is 0 Å². The van der Waals surface area contributed by atoms with Gasteiger partial charge in [0.15, 0.2) is 0 Å². The molecule has 1 aromatic carbocycles. The van der Waals surface area contributed by atoms with E-state index in [1.165, 1.54) is 7.11 Å². The van der Waals surface area contributed by atoms with Crippen molar-refractivity contribution < 1.29 is 13.2 Å². The lowest BCUT2D eigenvalue weighted by Gasteiger charge is -2.13. The van der Waals surface area contributed by atoms with E-state index in [4.69, 9.17) is 4.74 Å². The highest BCUT2D eigenvalue weighted by Crippen LogP contribution is 2.27. The van der Waals surface area contributed by atoms with Crippen molar-refractivity contribution in [1.82, 2.24) is 14.5 Å². The molecule has 0 fully saturated rings. The molecule has 126 valence electrons. The van der Waals surface area contributed by atoms with Crippen molar-refractivity contribution in [2.45, 2.75) is 37.8 Å². The van der Waals surface area contributed by atoms with Gasteiger partial charge in [0.1, 0.15) is 10.6 Å². The van der Waals surface area contributed by atoms with E-state index < -0.39 is 10.0 Å². The first-order valence-corrected chi connectivity index (χ1v) is 8.99. The van der Waals surface area contributed by atoms with Crippen molar-refractivity contribution in [2.75, 3.05) is 13.7 Å². The Hall–Kier alpha value is -1.70. The van der Waals surface area contributed by atoms with Crippen LogP contribution in [0.4, 0.5) is 0 Å². The van der Waals surface area contributed by atoms with Crippen molar-refractivity contribution in [3.8, 4) is 11.3 Å². The molecule has 2 rings (SSSR count). The summed E-state index contributed by atoms with van der Waals surface area (Å²) in [7, 11) is -2.15. The maximum atomic E-state index is 12.7. The maximum absolute atomic E-state index is 12.7. The second kappa shape index (κ2) is 7.25. The third-order valence-electron chi connectivity index (χ3n) is 3.34. The number of methoxy groups -OCH3 is 1. The number of benzene rings is 1. The summed E-state index contributed by atoms with van der Waals surface area (Å²) >= 11 is 0. The Bertz CT molecular complexity index is 739. The monoisotopic (exact) mass is 337 g/mol. The van der Waals surface area contributed by atoms with E-state index in [-0.39, 0.29) is 17.0 Å². The molecule has 7 heteroatoms. The third kappa shape index (κ3) is 4.19. The van der Waals surface area contributed by atoms with E-state index in [9.17, 15) is 8.42 Å². The van der Waals surface area contributed by atoms with Crippen LogP contribution in [0.5, 0.6) is 0 Å². The fraction of sp³-hybridized carbons (Fsp3) is 0.438. The Balaban J connectivity index is 2.48. The molecular weight excluding hydrogens is 314 g/mol. The Kier molecular flexibility index (Phi) is 5.56. The first kappa shape index (κ1) is 17.7. The van der Waals surface area contributed by atoms with Gasteiger partial charge in [0.05, 0.1) is 6.61 Å². The predicted molar refractivity (Wildman–Crippen MR) is 89.7 cm³/mol. The molecule has 1 unspecified atom stereocenters. The van der Waals surface area contributed by atoms with E-state index in [0.717, 1.165) is 5.56 Å². The van der Waals surface area contributed by atoms with Crippen molar-refractivity contribution >= 4 is 10.0 Å². The van der Waals surface area contributed by atoms with E-state index in [2.05, 4.69) is 9.82 Å². The molecule has 0 aliphatic carbocycles. The molecule has 0 spiro atoms. The number of rotatable bonds is 7. The summed E-state index contributed by atoms with van der Waals surface area (Å²) in [6.07, 6.45) is 1.58. The van der Waals surface area contributed by atoms with Gasteiger partial charge in [0.2, 0.25) is 10.0 Å². The SMILES string of the molecule is COCC(C)NS(=O)(=O)c1cn(C(C)C)nc1-c1ccccc1. The van der Waals surface area contributed by atoms with Gasteiger partial charge in [-0.15, -0.1) is 0 Å². The lowest BCUT2D eigenvalue weighted by molar-refractivity contribution is 0.180. The van der Waals surface area contributed by atoms with Crippen LogP contribution >= 0.6 is 0 Å². The Labute approximate surface area is 137 Å². The fourth-order valence-corrected chi connectivity index (χ4v) is 3.63. The molecule has 2 aromatic rings. The summed E-state index contributed by atoms with van der Waals surface area (Å²) in [4.78, 5) is 0.181.